The molecule has 5 nitrogen and oxygen atoms in total. The number of aromatic nitrogens is 3. The fraction of sp³-hybridized carbons (Fsp3) is 0.450. The van der Waals surface area contributed by atoms with Crippen molar-refractivity contribution in [2.24, 2.45) is 5.92 Å². The van der Waals surface area contributed by atoms with Gasteiger partial charge in [0.2, 0.25) is 5.91 Å². The summed E-state index contributed by atoms with van der Waals surface area (Å²) in [6.45, 7) is 5.06. The van der Waals surface area contributed by atoms with Crippen molar-refractivity contribution in [2.75, 3.05) is 13.1 Å². The third-order valence-corrected chi connectivity index (χ3v) is 5.94. The largest absolute Gasteiger partial charge is 0.433 e. The molecule has 1 fully saturated rings. The Bertz CT molecular complexity index is 1030. The second kappa shape index (κ2) is 7.44. The molecule has 0 bridgehead atoms. The summed E-state index contributed by atoms with van der Waals surface area (Å²) in [4.78, 5) is 19.2. The van der Waals surface area contributed by atoms with Crippen LogP contribution in [0.1, 0.15) is 44.0 Å². The highest BCUT2D eigenvalue weighted by Crippen LogP contribution is 2.35. The molecule has 3 aromatic rings. The number of nitrogens with zero attached hydrogens (tertiary/aromatic N) is 4. The van der Waals surface area contributed by atoms with E-state index in [4.69, 9.17) is 0 Å². The molecule has 4 rings (SSSR count). The molecular weight excluding hydrogens is 401 g/mol. The quantitative estimate of drug-likeness (QED) is 0.605. The second-order valence-electron chi connectivity index (χ2n) is 7.76. The molecule has 0 radical (unpaired) electrons. The number of hydrogen-bond acceptors (Lipinski definition) is 4. The van der Waals surface area contributed by atoms with Gasteiger partial charge < -0.3 is 4.90 Å². The van der Waals surface area contributed by atoms with Crippen LogP contribution in [-0.4, -0.2) is 38.5 Å². The minimum atomic E-state index is -4.55. The van der Waals surface area contributed by atoms with Gasteiger partial charge in [-0.1, -0.05) is 19.9 Å². The monoisotopic (exact) mass is 422 g/mol. The van der Waals surface area contributed by atoms with Crippen molar-refractivity contribution < 1.29 is 18.0 Å². The molecule has 0 N–H and O–H groups in total. The molecule has 9 heteroatoms. The molecule has 0 aliphatic carbocycles. The first-order chi connectivity index (χ1) is 13.7. The highest BCUT2D eigenvalue weighted by Gasteiger charge is 2.36. The highest BCUT2D eigenvalue weighted by atomic mass is 32.1. The minimum absolute atomic E-state index is 0.0837. The molecule has 0 unspecified atom stereocenters. The molecule has 1 aliphatic rings. The zero-order valence-electron chi connectivity index (χ0n) is 16.1. The lowest BCUT2D eigenvalue weighted by atomic mass is 10.1. The van der Waals surface area contributed by atoms with Crippen molar-refractivity contribution in [1.29, 1.82) is 0 Å². The Morgan fingerprint density at radius 2 is 2.14 bits per heavy atom. The van der Waals surface area contributed by atoms with Crippen LogP contribution in [0, 0.1) is 5.92 Å². The Hall–Kier alpha value is -2.42. The number of fused-ring (bicyclic) bond motifs is 1. The van der Waals surface area contributed by atoms with Crippen molar-refractivity contribution in [2.45, 2.75) is 38.8 Å². The minimum Gasteiger partial charge on any atom is -0.342 e. The number of alkyl halides is 3. The van der Waals surface area contributed by atoms with E-state index in [0.29, 0.717) is 36.5 Å². The van der Waals surface area contributed by atoms with E-state index in [2.05, 4.69) is 10.1 Å². The smallest absolute Gasteiger partial charge is 0.342 e. The Balaban J connectivity index is 1.68. The van der Waals surface area contributed by atoms with Crippen LogP contribution in [0.2, 0.25) is 0 Å². The van der Waals surface area contributed by atoms with Gasteiger partial charge >= 0.3 is 6.18 Å². The Morgan fingerprint density at radius 3 is 2.79 bits per heavy atom. The van der Waals surface area contributed by atoms with Gasteiger partial charge in [0.05, 0.1) is 16.3 Å². The average Bonchev–Trinajstić information content (AvgIpc) is 3.37. The predicted octanol–water partition coefficient (Wildman–Crippen LogP) is 4.84. The summed E-state index contributed by atoms with van der Waals surface area (Å²) in [5.74, 6) is 0.269. The van der Waals surface area contributed by atoms with Crippen LogP contribution in [0.25, 0.3) is 16.2 Å². The van der Waals surface area contributed by atoms with E-state index < -0.39 is 11.9 Å². The van der Waals surface area contributed by atoms with Gasteiger partial charge in [0, 0.05) is 31.5 Å². The van der Waals surface area contributed by atoms with E-state index in [-0.39, 0.29) is 29.1 Å². The van der Waals surface area contributed by atoms with Crippen molar-refractivity contribution in [1.82, 2.24) is 19.5 Å². The van der Waals surface area contributed by atoms with Gasteiger partial charge in [-0.2, -0.15) is 18.3 Å². The van der Waals surface area contributed by atoms with Crippen LogP contribution < -0.4 is 0 Å². The predicted molar refractivity (Wildman–Crippen MR) is 105 cm³/mol. The number of carbonyl (C=O) groups is 1. The molecule has 4 heterocycles. The first kappa shape index (κ1) is 19.9. The van der Waals surface area contributed by atoms with Gasteiger partial charge in [0.15, 0.2) is 11.3 Å². The first-order valence-corrected chi connectivity index (χ1v) is 10.4. The number of halogens is 3. The molecule has 1 saturated heterocycles. The van der Waals surface area contributed by atoms with Crippen molar-refractivity contribution in [3.8, 4) is 10.6 Å². The fourth-order valence-electron chi connectivity index (χ4n) is 3.65. The SMILES string of the molecule is CC(C)CC(=O)N1CC[C@@H](c2cc3nc(-c4cccs4)cc(C(F)(F)F)n3n2)C1. The summed E-state index contributed by atoms with van der Waals surface area (Å²) in [5, 5.41) is 6.04. The summed E-state index contributed by atoms with van der Waals surface area (Å²) in [5.41, 5.74) is 0.158. The van der Waals surface area contributed by atoms with Gasteiger partial charge in [-0.15, -0.1) is 11.3 Å². The Labute approximate surface area is 170 Å². The summed E-state index contributed by atoms with van der Waals surface area (Å²) in [6.07, 6.45) is -3.39. The second-order valence-corrected chi connectivity index (χ2v) is 8.71. The van der Waals surface area contributed by atoms with E-state index in [1.807, 2.05) is 13.8 Å². The van der Waals surface area contributed by atoms with Crippen molar-refractivity contribution in [3.63, 3.8) is 0 Å². The number of amides is 1. The molecule has 3 aromatic heterocycles. The lowest BCUT2D eigenvalue weighted by Crippen LogP contribution is -2.29. The third-order valence-electron chi connectivity index (χ3n) is 5.05. The first-order valence-electron chi connectivity index (χ1n) is 9.52. The van der Waals surface area contributed by atoms with Crippen LogP contribution in [-0.2, 0) is 11.0 Å². The van der Waals surface area contributed by atoms with Crippen molar-refractivity contribution >= 4 is 22.9 Å². The van der Waals surface area contributed by atoms with E-state index in [0.717, 1.165) is 10.6 Å². The molecule has 1 aliphatic heterocycles. The topological polar surface area (TPSA) is 50.5 Å². The highest BCUT2D eigenvalue weighted by molar-refractivity contribution is 7.13. The lowest BCUT2D eigenvalue weighted by molar-refractivity contribution is -0.142. The zero-order chi connectivity index (χ0) is 20.8. The normalized spacial score (nSPS) is 17.6. The number of likely N-dealkylation sites (tertiary alicyclic amines) is 1. The maximum absolute atomic E-state index is 13.7. The summed E-state index contributed by atoms with van der Waals surface area (Å²) >= 11 is 1.34. The number of carbonyl (C=O) groups excluding carboxylic acids is 1. The van der Waals surface area contributed by atoms with E-state index in [9.17, 15) is 18.0 Å². The van der Waals surface area contributed by atoms with Gasteiger partial charge in [-0.3, -0.25) is 4.79 Å². The molecule has 29 heavy (non-hydrogen) atoms. The molecule has 0 spiro atoms. The fourth-order valence-corrected chi connectivity index (χ4v) is 4.34. The molecule has 0 aromatic carbocycles. The Kier molecular flexibility index (Phi) is 5.10. The van der Waals surface area contributed by atoms with Gasteiger partial charge in [0.1, 0.15) is 0 Å². The summed E-state index contributed by atoms with van der Waals surface area (Å²) < 4.78 is 41.9. The van der Waals surface area contributed by atoms with Gasteiger partial charge in [-0.25, -0.2) is 9.50 Å². The molecule has 1 amide bonds. The zero-order valence-corrected chi connectivity index (χ0v) is 16.9. The van der Waals surface area contributed by atoms with Crippen LogP contribution in [0.4, 0.5) is 13.2 Å². The molecular formula is C20H21F3N4OS. The molecule has 1 atom stereocenters. The van der Waals surface area contributed by atoms with Gasteiger partial charge in [-0.05, 0) is 29.9 Å². The van der Waals surface area contributed by atoms with E-state index in [1.54, 1.807) is 28.5 Å². The maximum Gasteiger partial charge on any atom is 0.433 e. The molecule has 0 saturated carbocycles. The van der Waals surface area contributed by atoms with Crippen LogP contribution >= 0.6 is 11.3 Å². The summed E-state index contributed by atoms with van der Waals surface area (Å²) in [7, 11) is 0. The van der Waals surface area contributed by atoms with Crippen LogP contribution in [0.5, 0.6) is 0 Å². The number of hydrogen-bond donors (Lipinski definition) is 0. The average molecular weight is 422 g/mol. The third kappa shape index (κ3) is 4.01. The maximum atomic E-state index is 13.7. The van der Waals surface area contributed by atoms with Crippen molar-refractivity contribution in [3.05, 3.63) is 41.0 Å². The number of thiophene rings is 1. The number of rotatable bonds is 4. The summed E-state index contributed by atoms with van der Waals surface area (Å²) in [6, 6.07) is 6.19. The van der Waals surface area contributed by atoms with E-state index in [1.165, 1.54) is 11.3 Å². The standard InChI is InChI=1S/C20H21F3N4OS/c1-12(2)8-19(28)26-6-5-13(11-26)14-10-18-24-15(16-4-3-7-29-16)9-17(20(21,22)23)27(18)25-14/h3-4,7,9-10,12-13H,5-6,8,11H2,1-2H3/t13-/m1/s1. The molecule has 154 valence electrons. The van der Waals surface area contributed by atoms with Gasteiger partial charge in [0.25, 0.3) is 0 Å². The van der Waals surface area contributed by atoms with E-state index >= 15 is 0 Å². The van der Waals surface area contributed by atoms with Crippen LogP contribution in [0.3, 0.4) is 0 Å². The Morgan fingerprint density at radius 1 is 1.34 bits per heavy atom. The lowest BCUT2D eigenvalue weighted by Gasteiger charge is -2.17. The van der Waals surface area contributed by atoms with Crippen LogP contribution in [0.15, 0.2) is 29.6 Å².